The minimum Gasteiger partial charge on any atom is -0.384 e. The van der Waals surface area contributed by atoms with Crippen LogP contribution in [0, 0.1) is 17.7 Å². The second-order valence-electron chi connectivity index (χ2n) is 3.25. The van der Waals surface area contributed by atoms with E-state index in [1.165, 1.54) is 6.07 Å². The third-order valence-electron chi connectivity index (χ3n) is 1.95. The summed E-state index contributed by atoms with van der Waals surface area (Å²) in [5.41, 5.74) is 0.0221. The molecule has 6 heteroatoms. The lowest BCUT2D eigenvalue weighted by molar-refractivity contribution is 0.0891. The molecule has 2 N–H and O–H groups in total. The van der Waals surface area contributed by atoms with Crippen molar-refractivity contribution in [1.29, 1.82) is 0 Å². The minimum atomic E-state index is -2.69. The molecule has 3 nitrogen and oxygen atoms in total. The first-order chi connectivity index (χ1) is 8.54. The molecule has 0 saturated carbocycles. The van der Waals surface area contributed by atoms with Gasteiger partial charge in [-0.2, -0.15) is 0 Å². The Balaban J connectivity index is 2.97. The van der Waals surface area contributed by atoms with Crippen molar-refractivity contribution in [2.75, 3.05) is 13.2 Å². The molecule has 96 valence electrons. The van der Waals surface area contributed by atoms with Crippen molar-refractivity contribution in [2.45, 2.75) is 6.43 Å². The average Bonchev–Trinajstić information content (AvgIpc) is 2.34. The van der Waals surface area contributed by atoms with Crippen LogP contribution in [0.25, 0.3) is 0 Å². The zero-order valence-corrected chi connectivity index (χ0v) is 9.21. The normalized spacial score (nSPS) is 9.83. The fraction of sp³-hybridized carbons (Fsp3) is 0.250. The number of nitrogens with one attached hydrogen (secondary N) is 1. The molecule has 1 amide bonds. The smallest absolute Gasteiger partial charge is 0.255 e. The van der Waals surface area contributed by atoms with Gasteiger partial charge in [-0.05, 0) is 18.2 Å². The molecule has 0 unspecified atom stereocenters. The summed E-state index contributed by atoms with van der Waals surface area (Å²) >= 11 is 0. The highest BCUT2D eigenvalue weighted by Crippen LogP contribution is 2.10. The fourth-order valence-corrected chi connectivity index (χ4v) is 1.21. The zero-order valence-electron chi connectivity index (χ0n) is 9.21. The lowest BCUT2D eigenvalue weighted by Gasteiger charge is -2.06. The maximum absolute atomic E-state index is 13.0. The van der Waals surface area contributed by atoms with E-state index in [1.807, 2.05) is 5.32 Å². The van der Waals surface area contributed by atoms with Crippen LogP contribution in [0.4, 0.5) is 13.2 Å². The van der Waals surface area contributed by atoms with Crippen LogP contribution in [-0.4, -0.2) is 30.6 Å². The molecule has 0 saturated heterocycles. The Morgan fingerprint density at radius 2 is 2.17 bits per heavy atom. The molecular weight excluding hydrogens is 247 g/mol. The van der Waals surface area contributed by atoms with E-state index in [4.69, 9.17) is 5.11 Å². The number of aliphatic hydroxyl groups excluding tert-OH is 1. The molecule has 0 aliphatic carbocycles. The molecule has 0 spiro atoms. The van der Waals surface area contributed by atoms with Crippen LogP contribution in [-0.2, 0) is 0 Å². The summed E-state index contributed by atoms with van der Waals surface area (Å²) in [6.45, 7) is -1.24. The number of hydrogen-bond donors (Lipinski definition) is 2. The Morgan fingerprint density at radius 1 is 1.44 bits per heavy atom. The van der Waals surface area contributed by atoms with Crippen molar-refractivity contribution in [3.63, 3.8) is 0 Å². The van der Waals surface area contributed by atoms with Gasteiger partial charge in [0.25, 0.3) is 12.3 Å². The first kappa shape index (κ1) is 14.1. The largest absolute Gasteiger partial charge is 0.384 e. The van der Waals surface area contributed by atoms with E-state index in [1.54, 1.807) is 0 Å². The Bertz CT molecular complexity index is 492. The summed E-state index contributed by atoms with van der Waals surface area (Å²) in [7, 11) is 0. The van der Waals surface area contributed by atoms with Crippen LogP contribution in [0.3, 0.4) is 0 Å². The summed E-state index contributed by atoms with van der Waals surface area (Å²) in [6, 6.07) is 3.24. The highest BCUT2D eigenvalue weighted by molar-refractivity contribution is 5.96. The molecule has 0 aliphatic heterocycles. The summed E-state index contributed by atoms with van der Waals surface area (Å²) in [6.07, 6.45) is -2.69. The molecule has 0 aliphatic rings. The Morgan fingerprint density at radius 3 is 2.78 bits per heavy atom. The van der Waals surface area contributed by atoms with Crippen molar-refractivity contribution < 1.29 is 23.1 Å². The van der Waals surface area contributed by atoms with Crippen LogP contribution in [0.15, 0.2) is 18.2 Å². The topological polar surface area (TPSA) is 49.3 Å². The van der Waals surface area contributed by atoms with Gasteiger partial charge in [0.1, 0.15) is 12.4 Å². The number of rotatable bonds is 3. The minimum absolute atomic E-state index is 0.142. The standard InChI is InChI=1S/C12H10F3NO2/c13-9-4-3-8(2-1-5-17)10(6-9)12(18)16-7-11(14)15/h3-4,6,11,17H,5,7H2,(H,16,18). The molecular formula is C12H10F3NO2. The molecule has 0 radical (unpaired) electrons. The van der Waals surface area contributed by atoms with Crippen molar-refractivity contribution in [3.8, 4) is 11.8 Å². The summed E-state index contributed by atoms with van der Waals surface area (Å²) in [4.78, 5) is 11.5. The van der Waals surface area contributed by atoms with Gasteiger partial charge < -0.3 is 10.4 Å². The summed E-state index contributed by atoms with van der Waals surface area (Å²) < 4.78 is 36.9. The molecule has 1 aromatic rings. The lowest BCUT2D eigenvalue weighted by atomic mass is 10.1. The van der Waals surface area contributed by atoms with Crippen molar-refractivity contribution in [3.05, 3.63) is 35.1 Å². The van der Waals surface area contributed by atoms with Crippen LogP contribution < -0.4 is 5.32 Å². The monoisotopic (exact) mass is 257 g/mol. The predicted octanol–water partition coefficient (Wildman–Crippen LogP) is 1.16. The maximum atomic E-state index is 13.0. The Kier molecular flexibility index (Phi) is 5.21. The molecule has 1 rings (SSSR count). The van der Waals surface area contributed by atoms with Gasteiger partial charge in [0.15, 0.2) is 0 Å². The zero-order chi connectivity index (χ0) is 13.5. The van der Waals surface area contributed by atoms with E-state index < -0.39 is 31.3 Å². The maximum Gasteiger partial charge on any atom is 0.255 e. The second-order valence-corrected chi connectivity index (χ2v) is 3.25. The van der Waals surface area contributed by atoms with Crippen LogP contribution in [0.5, 0.6) is 0 Å². The summed E-state index contributed by atoms with van der Waals surface area (Å²) in [5.74, 6) is 3.23. The van der Waals surface area contributed by atoms with Gasteiger partial charge in [-0.25, -0.2) is 13.2 Å². The number of aliphatic hydroxyl groups is 1. The molecule has 18 heavy (non-hydrogen) atoms. The van der Waals surface area contributed by atoms with Crippen molar-refractivity contribution >= 4 is 5.91 Å². The number of benzene rings is 1. The molecule has 0 aromatic heterocycles. The van der Waals surface area contributed by atoms with Gasteiger partial charge in [-0.15, -0.1) is 0 Å². The molecule has 1 aromatic carbocycles. The van der Waals surface area contributed by atoms with E-state index in [2.05, 4.69) is 11.8 Å². The van der Waals surface area contributed by atoms with E-state index in [0.29, 0.717) is 0 Å². The third-order valence-corrected chi connectivity index (χ3v) is 1.95. The summed E-state index contributed by atoms with van der Waals surface area (Å²) in [5, 5.41) is 10.5. The number of carbonyl (C=O) groups excluding carboxylic acids is 1. The molecule has 0 atom stereocenters. The van der Waals surface area contributed by atoms with Gasteiger partial charge in [-0.1, -0.05) is 11.8 Å². The van der Waals surface area contributed by atoms with Gasteiger partial charge in [-0.3, -0.25) is 4.79 Å². The Labute approximate surface area is 102 Å². The lowest BCUT2D eigenvalue weighted by Crippen LogP contribution is -2.29. The van der Waals surface area contributed by atoms with Gasteiger partial charge in [0, 0.05) is 5.56 Å². The van der Waals surface area contributed by atoms with Gasteiger partial charge in [0.2, 0.25) is 0 Å². The van der Waals surface area contributed by atoms with Crippen LogP contribution >= 0.6 is 0 Å². The second kappa shape index (κ2) is 6.67. The quantitative estimate of drug-likeness (QED) is 0.798. The van der Waals surface area contributed by atoms with E-state index in [0.717, 1.165) is 12.1 Å². The number of alkyl halides is 2. The van der Waals surface area contributed by atoms with Crippen molar-refractivity contribution in [2.24, 2.45) is 0 Å². The number of amides is 1. The highest BCUT2D eigenvalue weighted by atomic mass is 19.3. The molecule has 0 bridgehead atoms. The first-order valence-electron chi connectivity index (χ1n) is 5.00. The van der Waals surface area contributed by atoms with Crippen LogP contribution in [0.2, 0.25) is 0 Å². The Hall–Kier alpha value is -2.00. The van der Waals surface area contributed by atoms with E-state index in [-0.39, 0.29) is 11.1 Å². The first-order valence-corrected chi connectivity index (χ1v) is 5.00. The number of hydrogen-bond acceptors (Lipinski definition) is 2. The van der Waals surface area contributed by atoms with Crippen molar-refractivity contribution in [1.82, 2.24) is 5.32 Å². The predicted molar refractivity (Wildman–Crippen MR) is 58.7 cm³/mol. The average molecular weight is 257 g/mol. The van der Waals surface area contributed by atoms with E-state index in [9.17, 15) is 18.0 Å². The molecule has 0 heterocycles. The molecule has 0 fully saturated rings. The van der Waals surface area contributed by atoms with Gasteiger partial charge in [0.05, 0.1) is 12.1 Å². The number of halogens is 3. The fourth-order valence-electron chi connectivity index (χ4n) is 1.21. The van der Waals surface area contributed by atoms with Gasteiger partial charge >= 0.3 is 0 Å². The number of carbonyl (C=O) groups is 1. The highest BCUT2D eigenvalue weighted by Gasteiger charge is 2.13. The van der Waals surface area contributed by atoms with E-state index >= 15 is 0 Å². The third kappa shape index (κ3) is 4.11. The van der Waals surface area contributed by atoms with Crippen LogP contribution in [0.1, 0.15) is 15.9 Å². The SMILES string of the molecule is O=C(NCC(F)F)c1cc(F)ccc1C#CCO.